The minimum Gasteiger partial charge on any atom is -0.493 e. The van der Waals surface area contributed by atoms with Crippen LogP contribution in [-0.4, -0.2) is 48.0 Å². The minimum atomic E-state index is -0.00373. The summed E-state index contributed by atoms with van der Waals surface area (Å²) in [5, 5.41) is 8.07. The van der Waals surface area contributed by atoms with E-state index in [1.54, 1.807) is 7.11 Å². The summed E-state index contributed by atoms with van der Waals surface area (Å²) in [6.07, 6.45) is 2.85. The SMILES string of the molecule is CCNC(c1c(OC)cnn1CC)C(C)(CC)N(C)C. The van der Waals surface area contributed by atoms with Crippen LogP contribution >= 0.6 is 0 Å². The second kappa shape index (κ2) is 7.09. The maximum absolute atomic E-state index is 5.53. The van der Waals surface area contributed by atoms with Gasteiger partial charge in [0.1, 0.15) is 0 Å². The van der Waals surface area contributed by atoms with Gasteiger partial charge in [0, 0.05) is 12.1 Å². The van der Waals surface area contributed by atoms with Gasteiger partial charge in [0.05, 0.1) is 25.0 Å². The third-order valence-corrected chi connectivity index (χ3v) is 4.41. The van der Waals surface area contributed by atoms with Crippen LogP contribution in [-0.2, 0) is 6.54 Å². The molecule has 0 amide bonds. The number of hydrogen-bond acceptors (Lipinski definition) is 4. The maximum atomic E-state index is 5.53. The highest BCUT2D eigenvalue weighted by Crippen LogP contribution is 2.37. The lowest BCUT2D eigenvalue weighted by Crippen LogP contribution is -2.52. The fraction of sp³-hybridized carbons (Fsp3) is 0.800. The summed E-state index contributed by atoms with van der Waals surface area (Å²) in [4.78, 5) is 2.28. The van der Waals surface area contributed by atoms with E-state index in [-0.39, 0.29) is 11.6 Å². The number of aryl methyl sites for hydroxylation is 1. The van der Waals surface area contributed by atoms with Gasteiger partial charge in [-0.05, 0) is 40.9 Å². The molecule has 2 unspecified atom stereocenters. The molecule has 1 aromatic rings. The van der Waals surface area contributed by atoms with Crippen molar-refractivity contribution in [1.29, 1.82) is 0 Å². The van der Waals surface area contributed by atoms with Crippen LogP contribution in [0.25, 0.3) is 0 Å². The molecule has 0 aliphatic carbocycles. The summed E-state index contributed by atoms with van der Waals surface area (Å²) >= 11 is 0. The molecule has 1 heterocycles. The largest absolute Gasteiger partial charge is 0.493 e. The fourth-order valence-corrected chi connectivity index (χ4v) is 2.67. The highest BCUT2D eigenvalue weighted by Gasteiger charge is 2.39. The van der Waals surface area contributed by atoms with Crippen LogP contribution in [0, 0.1) is 0 Å². The first-order valence-corrected chi connectivity index (χ1v) is 7.46. The zero-order valence-corrected chi connectivity index (χ0v) is 14.0. The average Bonchev–Trinajstić information content (AvgIpc) is 2.86. The average molecular weight is 282 g/mol. The van der Waals surface area contributed by atoms with Crippen molar-refractivity contribution in [3.63, 3.8) is 0 Å². The van der Waals surface area contributed by atoms with Gasteiger partial charge < -0.3 is 15.0 Å². The second-order valence-electron chi connectivity index (χ2n) is 5.51. The summed E-state index contributed by atoms with van der Waals surface area (Å²) in [5.74, 6) is 0.860. The monoisotopic (exact) mass is 282 g/mol. The van der Waals surface area contributed by atoms with Gasteiger partial charge in [-0.1, -0.05) is 13.8 Å². The van der Waals surface area contributed by atoms with Gasteiger partial charge in [-0.15, -0.1) is 0 Å². The first kappa shape index (κ1) is 17.0. The van der Waals surface area contributed by atoms with Crippen LogP contribution < -0.4 is 10.1 Å². The van der Waals surface area contributed by atoms with Gasteiger partial charge in [0.25, 0.3) is 0 Å². The molecule has 5 heteroatoms. The Hall–Kier alpha value is -1.07. The smallest absolute Gasteiger partial charge is 0.161 e. The maximum Gasteiger partial charge on any atom is 0.161 e. The van der Waals surface area contributed by atoms with Crippen LogP contribution in [0.5, 0.6) is 5.75 Å². The van der Waals surface area contributed by atoms with Gasteiger partial charge in [0.2, 0.25) is 0 Å². The number of ether oxygens (including phenoxy) is 1. The first-order valence-electron chi connectivity index (χ1n) is 7.46. The van der Waals surface area contributed by atoms with Crippen LogP contribution in [0.15, 0.2) is 6.20 Å². The third-order valence-electron chi connectivity index (χ3n) is 4.41. The summed E-state index contributed by atoms with van der Waals surface area (Å²) in [6, 6.07) is 0.171. The van der Waals surface area contributed by atoms with E-state index in [1.807, 2.05) is 10.9 Å². The predicted molar refractivity (Wildman–Crippen MR) is 83.3 cm³/mol. The molecule has 0 aromatic carbocycles. The zero-order valence-electron chi connectivity index (χ0n) is 14.0. The molecule has 0 saturated carbocycles. The predicted octanol–water partition coefficient (Wildman–Crippen LogP) is 2.29. The molecule has 1 aromatic heterocycles. The van der Waals surface area contributed by atoms with Crippen molar-refractivity contribution < 1.29 is 4.74 Å². The molecule has 0 bridgehead atoms. The Morgan fingerprint density at radius 2 is 2.05 bits per heavy atom. The molecule has 5 nitrogen and oxygen atoms in total. The van der Waals surface area contributed by atoms with Crippen LogP contribution in [0.1, 0.15) is 45.9 Å². The first-order chi connectivity index (χ1) is 9.46. The highest BCUT2D eigenvalue weighted by atomic mass is 16.5. The third kappa shape index (κ3) is 2.99. The summed E-state index contributed by atoms with van der Waals surface area (Å²) in [5.41, 5.74) is 1.13. The lowest BCUT2D eigenvalue weighted by molar-refractivity contribution is 0.107. The number of aromatic nitrogens is 2. The molecule has 116 valence electrons. The second-order valence-corrected chi connectivity index (χ2v) is 5.51. The molecular formula is C15H30N4O. The number of nitrogens with one attached hydrogen (secondary N) is 1. The Labute approximate surface area is 123 Å². The number of nitrogens with zero attached hydrogens (tertiary/aromatic N) is 3. The van der Waals surface area contributed by atoms with E-state index >= 15 is 0 Å². The molecule has 0 radical (unpaired) electrons. The van der Waals surface area contributed by atoms with Crippen LogP contribution in [0.4, 0.5) is 0 Å². The summed E-state index contributed by atoms with van der Waals surface area (Å²) in [6.45, 7) is 10.5. The standard InChI is InChI=1S/C15H30N4O/c1-8-15(4,18(5)6)14(16-9-2)13-12(20-7)11-17-19(13)10-3/h11,14,16H,8-10H2,1-7H3. The zero-order chi connectivity index (χ0) is 15.3. The Morgan fingerprint density at radius 3 is 2.45 bits per heavy atom. The van der Waals surface area contributed by atoms with Crippen molar-refractivity contribution in [3.8, 4) is 5.75 Å². The number of rotatable bonds is 8. The van der Waals surface area contributed by atoms with Crippen molar-refractivity contribution in [2.24, 2.45) is 0 Å². The minimum absolute atomic E-state index is 0.00373. The van der Waals surface area contributed by atoms with E-state index in [1.165, 1.54) is 0 Å². The molecular weight excluding hydrogens is 252 g/mol. The Morgan fingerprint density at radius 1 is 1.40 bits per heavy atom. The van der Waals surface area contributed by atoms with E-state index in [2.05, 4.69) is 57.1 Å². The Kier molecular flexibility index (Phi) is 6.02. The Bertz CT molecular complexity index is 395. The highest BCUT2D eigenvalue weighted by molar-refractivity contribution is 5.31. The van der Waals surface area contributed by atoms with Crippen molar-refractivity contribution in [2.45, 2.75) is 52.2 Å². The topological polar surface area (TPSA) is 42.3 Å². The molecule has 0 fully saturated rings. The molecule has 0 spiro atoms. The lowest BCUT2D eigenvalue weighted by Gasteiger charge is -2.43. The normalized spacial score (nSPS) is 16.2. The van der Waals surface area contributed by atoms with Crippen LogP contribution in [0.3, 0.4) is 0 Å². The van der Waals surface area contributed by atoms with Crippen LogP contribution in [0.2, 0.25) is 0 Å². The molecule has 0 aliphatic rings. The number of likely N-dealkylation sites (N-methyl/N-ethyl adjacent to an activating group) is 2. The number of hydrogen-bond donors (Lipinski definition) is 1. The lowest BCUT2D eigenvalue weighted by atomic mass is 9.85. The van der Waals surface area contributed by atoms with Crippen molar-refractivity contribution in [2.75, 3.05) is 27.7 Å². The molecule has 0 aliphatic heterocycles. The Balaban J connectivity index is 3.36. The molecule has 1 rings (SSSR count). The summed E-state index contributed by atoms with van der Waals surface area (Å²) in [7, 11) is 5.97. The van der Waals surface area contributed by atoms with E-state index < -0.39 is 0 Å². The van der Waals surface area contributed by atoms with Gasteiger partial charge in [-0.3, -0.25) is 4.68 Å². The van der Waals surface area contributed by atoms with Gasteiger partial charge in [-0.2, -0.15) is 5.10 Å². The van der Waals surface area contributed by atoms with Crippen molar-refractivity contribution in [3.05, 3.63) is 11.9 Å². The van der Waals surface area contributed by atoms with E-state index in [9.17, 15) is 0 Å². The van der Waals surface area contributed by atoms with Gasteiger partial charge in [0.15, 0.2) is 5.75 Å². The number of methoxy groups -OCH3 is 1. The van der Waals surface area contributed by atoms with Crippen molar-refractivity contribution >= 4 is 0 Å². The fourth-order valence-electron chi connectivity index (χ4n) is 2.67. The molecule has 0 saturated heterocycles. The quantitative estimate of drug-likeness (QED) is 0.794. The van der Waals surface area contributed by atoms with Gasteiger partial charge >= 0.3 is 0 Å². The van der Waals surface area contributed by atoms with E-state index in [0.717, 1.165) is 31.0 Å². The van der Waals surface area contributed by atoms with E-state index in [0.29, 0.717) is 0 Å². The van der Waals surface area contributed by atoms with Gasteiger partial charge in [-0.25, -0.2) is 0 Å². The van der Waals surface area contributed by atoms with E-state index in [4.69, 9.17) is 4.74 Å². The van der Waals surface area contributed by atoms with Crippen molar-refractivity contribution in [1.82, 2.24) is 20.0 Å². The molecule has 20 heavy (non-hydrogen) atoms. The molecule has 2 atom stereocenters. The summed E-state index contributed by atoms with van der Waals surface area (Å²) < 4.78 is 7.56. The molecule has 1 N–H and O–H groups in total.